The number of halogens is 2. The third-order valence-corrected chi connectivity index (χ3v) is 5.00. The standard InChI is InChI=1S/C21H25F2N3O/c1-14-10-12-26(13-11-14)17-8-6-16(7-9-17)24-15(2)21(27)25-20-18(22)4-3-5-19(20)23/h3-9,14-15,24H,10-13H2,1-2H3,(H,25,27)/t15-/m0/s1. The molecule has 0 spiro atoms. The van der Waals surface area contributed by atoms with Crippen LogP contribution in [0.15, 0.2) is 42.5 Å². The van der Waals surface area contributed by atoms with Gasteiger partial charge in [-0.05, 0) is 62.1 Å². The molecule has 2 N–H and O–H groups in total. The molecule has 0 aromatic heterocycles. The van der Waals surface area contributed by atoms with E-state index in [-0.39, 0.29) is 0 Å². The van der Waals surface area contributed by atoms with Gasteiger partial charge in [0.1, 0.15) is 23.4 Å². The number of hydrogen-bond acceptors (Lipinski definition) is 3. The number of nitrogens with zero attached hydrogens (tertiary/aromatic N) is 1. The molecule has 1 aliphatic rings. The van der Waals surface area contributed by atoms with E-state index >= 15 is 0 Å². The van der Waals surface area contributed by atoms with Gasteiger partial charge in [-0.25, -0.2) is 8.78 Å². The van der Waals surface area contributed by atoms with Crippen molar-refractivity contribution in [1.82, 2.24) is 0 Å². The highest BCUT2D eigenvalue weighted by Gasteiger charge is 2.18. The predicted octanol–water partition coefficient (Wildman–Crippen LogP) is 4.64. The van der Waals surface area contributed by atoms with E-state index in [1.54, 1.807) is 6.92 Å². The first-order valence-corrected chi connectivity index (χ1v) is 9.30. The third kappa shape index (κ3) is 4.76. The van der Waals surface area contributed by atoms with Crippen molar-refractivity contribution in [1.29, 1.82) is 0 Å². The zero-order valence-corrected chi connectivity index (χ0v) is 15.6. The van der Waals surface area contributed by atoms with Crippen LogP contribution in [-0.2, 0) is 4.79 Å². The van der Waals surface area contributed by atoms with Gasteiger partial charge in [0.2, 0.25) is 5.91 Å². The summed E-state index contributed by atoms with van der Waals surface area (Å²) in [5.41, 5.74) is 1.52. The lowest BCUT2D eigenvalue weighted by molar-refractivity contribution is -0.116. The third-order valence-electron chi connectivity index (χ3n) is 5.00. The molecule has 0 unspecified atom stereocenters. The van der Waals surface area contributed by atoms with Crippen molar-refractivity contribution in [2.45, 2.75) is 32.7 Å². The Bertz CT molecular complexity index is 766. The van der Waals surface area contributed by atoms with Crippen LogP contribution in [-0.4, -0.2) is 25.0 Å². The molecule has 0 radical (unpaired) electrons. The molecule has 2 aromatic carbocycles. The average molecular weight is 373 g/mol. The maximum Gasteiger partial charge on any atom is 0.246 e. The molecule has 1 atom stereocenters. The molecule has 0 saturated carbocycles. The Kier molecular flexibility index (Phi) is 5.94. The summed E-state index contributed by atoms with van der Waals surface area (Å²) in [5.74, 6) is -1.32. The molecule has 3 rings (SSSR count). The molecule has 4 nitrogen and oxygen atoms in total. The van der Waals surface area contributed by atoms with Crippen LogP contribution in [0.5, 0.6) is 0 Å². The Labute approximate surface area is 158 Å². The van der Waals surface area contributed by atoms with E-state index in [4.69, 9.17) is 0 Å². The Morgan fingerprint density at radius 2 is 1.67 bits per heavy atom. The van der Waals surface area contributed by atoms with Crippen molar-refractivity contribution in [2.24, 2.45) is 5.92 Å². The molecule has 6 heteroatoms. The lowest BCUT2D eigenvalue weighted by Crippen LogP contribution is -2.33. The number of anilines is 3. The molecule has 0 bridgehead atoms. The molecular formula is C21H25F2N3O. The molecule has 1 saturated heterocycles. The molecule has 2 aromatic rings. The Hall–Kier alpha value is -2.63. The van der Waals surface area contributed by atoms with Crippen LogP contribution >= 0.6 is 0 Å². The van der Waals surface area contributed by atoms with Crippen LogP contribution in [0.3, 0.4) is 0 Å². The topological polar surface area (TPSA) is 44.4 Å². The fourth-order valence-electron chi connectivity index (χ4n) is 3.20. The number of rotatable bonds is 5. The SMILES string of the molecule is CC1CCN(c2ccc(N[C@@H](C)C(=O)Nc3c(F)cccc3F)cc2)CC1. The Morgan fingerprint density at radius 3 is 2.26 bits per heavy atom. The van der Waals surface area contributed by atoms with Gasteiger partial charge in [0.25, 0.3) is 0 Å². The van der Waals surface area contributed by atoms with Gasteiger partial charge < -0.3 is 15.5 Å². The lowest BCUT2D eigenvalue weighted by atomic mass is 9.99. The molecule has 1 fully saturated rings. The van der Waals surface area contributed by atoms with E-state index in [1.807, 2.05) is 24.3 Å². The van der Waals surface area contributed by atoms with Gasteiger partial charge in [-0.2, -0.15) is 0 Å². The van der Waals surface area contributed by atoms with Gasteiger partial charge in [0.15, 0.2) is 0 Å². The van der Waals surface area contributed by atoms with E-state index < -0.39 is 29.3 Å². The smallest absolute Gasteiger partial charge is 0.246 e. The number of para-hydroxylation sites is 1. The Morgan fingerprint density at radius 1 is 1.07 bits per heavy atom. The number of piperidine rings is 1. The van der Waals surface area contributed by atoms with Crippen LogP contribution in [0.25, 0.3) is 0 Å². The van der Waals surface area contributed by atoms with Crippen molar-refractivity contribution >= 4 is 23.0 Å². The van der Waals surface area contributed by atoms with E-state index in [9.17, 15) is 13.6 Å². The van der Waals surface area contributed by atoms with E-state index in [0.29, 0.717) is 0 Å². The zero-order chi connectivity index (χ0) is 19.4. The molecule has 144 valence electrons. The zero-order valence-electron chi connectivity index (χ0n) is 15.6. The van der Waals surface area contributed by atoms with E-state index in [1.165, 1.54) is 18.9 Å². The molecular weight excluding hydrogens is 348 g/mol. The molecule has 1 heterocycles. The first-order chi connectivity index (χ1) is 12.9. The summed E-state index contributed by atoms with van der Waals surface area (Å²) in [6.45, 7) is 6.04. The largest absolute Gasteiger partial charge is 0.374 e. The highest BCUT2D eigenvalue weighted by molar-refractivity contribution is 5.96. The summed E-state index contributed by atoms with van der Waals surface area (Å²) in [5, 5.41) is 5.37. The predicted molar refractivity (Wildman–Crippen MR) is 105 cm³/mol. The summed E-state index contributed by atoms with van der Waals surface area (Å²) in [4.78, 5) is 14.6. The summed E-state index contributed by atoms with van der Waals surface area (Å²) in [7, 11) is 0. The normalized spacial score (nSPS) is 16.1. The average Bonchev–Trinajstić information content (AvgIpc) is 2.66. The molecule has 1 aliphatic heterocycles. The number of benzene rings is 2. The molecule has 27 heavy (non-hydrogen) atoms. The summed E-state index contributed by atoms with van der Waals surface area (Å²) >= 11 is 0. The fourth-order valence-corrected chi connectivity index (χ4v) is 3.20. The first-order valence-electron chi connectivity index (χ1n) is 9.30. The van der Waals surface area contributed by atoms with Crippen molar-refractivity contribution < 1.29 is 13.6 Å². The van der Waals surface area contributed by atoms with Crippen molar-refractivity contribution in [3.63, 3.8) is 0 Å². The number of nitrogens with one attached hydrogen (secondary N) is 2. The van der Waals surface area contributed by atoms with Crippen LogP contribution in [0, 0.1) is 17.6 Å². The number of amides is 1. The number of carbonyl (C=O) groups is 1. The van der Waals surface area contributed by atoms with Gasteiger partial charge in [0, 0.05) is 24.5 Å². The summed E-state index contributed by atoms with van der Waals surface area (Å²) in [6, 6.07) is 10.7. The van der Waals surface area contributed by atoms with Crippen LogP contribution in [0.4, 0.5) is 25.8 Å². The van der Waals surface area contributed by atoms with Gasteiger partial charge in [0.05, 0.1) is 0 Å². The minimum Gasteiger partial charge on any atom is -0.374 e. The van der Waals surface area contributed by atoms with Gasteiger partial charge in [-0.15, -0.1) is 0 Å². The van der Waals surface area contributed by atoms with Crippen molar-refractivity contribution in [3.05, 3.63) is 54.1 Å². The second-order valence-corrected chi connectivity index (χ2v) is 7.17. The Balaban J connectivity index is 1.59. The van der Waals surface area contributed by atoms with Crippen LogP contribution in [0.2, 0.25) is 0 Å². The van der Waals surface area contributed by atoms with E-state index in [2.05, 4.69) is 22.5 Å². The maximum absolute atomic E-state index is 13.7. The molecule has 1 amide bonds. The second-order valence-electron chi connectivity index (χ2n) is 7.17. The summed E-state index contributed by atoms with van der Waals surface area (Å²) < 4.78 is 27.3. The lowest BCUT2D eigenvalue weighted by Gasteiger charge is -2.32. The van der Waals surface area contributed by atoms with E-state index in [0.717, 1.165) is 42.5 Å². The van der Waals surface area contributed by atoms with Gasteiger partial charge >= 0.3 is 0 Å². The first kappa shape index (κ1) is 19.1. The maximum atomic E-state index is 13.7. The van der Waals surface area contributed by atoms with Gasteiger partial charge in [-0.1, -0.05) is 13.0 Å². The monoisotopic (exact) mass is 373 g/mol. The minimum atomic E-state index is -0.796. The highest BCUT2D eigenvalue weighted by Crippen LogP contribution is 2.24. The number of carbonyl (C=O) groups excluding carboxylic acids is 1. The van der Waals surface area contributed by atoms with Crippen molar-refractivity contribution in [2.75, 3.05) is 28.6 Å². The summed E-state index contributed by atoms with van der Waals surface area (Å²) in [6.07, 6.45) is 2.40. The molecule has 0 aliphatic carbocycles. The van der Waals surface area contributed by atoms with Crippen molar-refractivity contribution in [3.8, 4) is 0 Å². The second kappa shape index (κ2) is 8.37. The fraction of sp³-hybridized carbons (Fsp3) is 0.381. The van der Waals surface area contributed by atoms with Crippen LogP contribution in [0.1, 0.15) is 26.7 Å². The van der Waals surface area contributed by atoms with Gasteiger partial charge in [-0.3, -0.25) is 4.79 Å². The van der Waals surface area contributed by atoms with Crippen LogP contribution < -0.4 is 15.5 Å². The minimum absolute atomic E-state index is 0.425. The number of hydrogen-bond donors (Lipinski definition) is 2. The quantitative estimate of drug-likeness (QED) is 0.802. The highest BCUT2D eigenvalue weighted by atomic mass is 19.1.